The Kier molecular flexibility index (Phi) is 12.7. The standard InChI is InChI=1S/H11O28P9/c1-29(2,3)21-31(7,8)23-33(11,12)25-35(15,16)27-37(19,20)28-36(17,18)26-34(13,14)24-32(9,10)22-30(4,5)6/h(H,7,8)(H,9,10)(H,11,12)(H,13,14)(H,15,16)(H,17,18)(H,19,20)(H2,1,2,3)(H2,4,5,6). The van der Waals surface area contributed by atoms with Crippen LogP contribution in [-0.4, -0.2) is 53.8 Å². The second-order valence-corrected chi connectivity index (χ2v) is 18.7. The highest BCUT2D eigenvalue weighted by Crippen LogP contribution is 2.77. The van der Waals surface area contributed by atoms with Crippen molar-refractivity contribution >= 4 is 70.4 Å². The second kappa shape index (κ2) is 12.3. The number of rotatable bonds is 16. The van der Waals surface area contributed by atoms with Crippen molar-refractivity contribution in [3.8, 4) is 0 Å². The van der Waals surface area contributed by atoms with Crippen molar-refractivity contribution in [1.29, 1.82) is 0 Å². The summed E-state index contributed by atoms with van der Waals surface area (Å²) in [6.07, 6.45) is 0. The zero-order valence-corrected chi connectivity index (χ0v) is 23.9. The van der Waals surface area contributed by atoms with E-state index in [1.54, 1.807) is 0 Å². The molecule has 0 saturated carbocycles. The van der Waals surface area contributed by atoms with Gasteiger partial charge in [0.2, 0.25) is 0 Å². The lowest BCUT2D eigenvalue weighted by Gasteiger charge is -2.21. The van der Waals surface area contributed by atoms with Crippen molar-refractivity contribution in [2.24, 2.45) is 0 Å². The molecule has 6 atom stereocenters. The summed E-state index contributed by atoms with van der Waals surface area (Å²) in [7, 11) is -57.6. The first kappa shape index (κ1) is 38.3. The lowest BCUT2D eigenvalue weighted by atomic mass is 15.7. The Morgan fingerprint density at radius 1 is 0.243 bits per heavy atom. The van der Waals surface area contributed by atoms with Crippen molar-refractivity contribution in [3.05, 3.63) is 0 Å². The topological polar surface area (TPSA) is 450 Å². The predicted octanol–water partition coefficient (Wildman–Crippen LogP) is 0.00740. The Morgan fingerprint density at radius 2 is 0.351 bits per heavy atom. The van der Waals surface area contributed by atoms with E-state index in [0.29, 0.717) is 0 Å². The molecule has 0 amide bonds. The van der Waals surface area contributed by atoms with E-state index in [1.807, 2.05) is 0 Å². The minimum atomic E-state index is -6.70. The van der Waals surface area contributed by atoms with Gasteiger partial charge in [0, 0.05) is 0 Å². The Balaban J connectivity index is 5.51. The van der Waals surface area contributed by atoms with Gasteiger partial charge in [-0.3, -0.25) is 0 Å². The summed E-state index contributed by atoms with van der Waals surface area (Å²) in [5.41, 5.74) is 0. The molecule has 0 rings (SSSR count). The van der Waals surface area contributed by atoms with Crippen molar-refractivity contribution in [3.63, 3.8) is 0 Å². The van der Waals surface area contributed by atoms with Crippen LogP contribution < -0.4 is 0 Å². The molecule has 11 N–H and O–H groups in total. The fourth-order valence-corrected chi connectivity index (χ4v) is 12.3. The van der Waals surface area contributed by atoms with Gasteiger partial charge in [-0.1, -0.05) is 0 Å². The molecule has 6 unspecified atom stereocenters. The molecule has 0 aromatic carbocycles. The van der Waals surface area contributed by atoms with E-state index in [1.165, 1.54) is 0 Å². The Bertz CT molecular complexity index is 1170. The highest BCUT2D eigenvalue weighted by molar-refractivity contribution is 7.74. The monoisotopic (exact) mass is 738 g/mol. The van der Waals surface area contributed by atoms with E-state index in [2.05, 4.69) is 34.5 Å². The van der Waals surface area contributed by atoms with E-state index in [4.69, 9.17) is 53.8 Å². The molecule has 37 heteroatoms. The zero-order chi connectivity index (χ0) is 30.2. The summed E-state index contributed by atoms with van der Waals surface area (Å²) in [5.74, 6) is 0. The van der Waals surface area contributed by atoms with Crippen LogP contribution in [0.4, 0.5) is 0 Å². The van der Waals surface area contributed by atoms with Crippen molar-refractivity contribution in [2.75, 3.05) is 0 Å². The summed E-state index contributed by atoms with van der Waals surface area (Å²) >= 11 is 0. The maximum absolute atomic E-state index is 11.6. The first-order valence-corrected chi connectivity index (χ1v) is 20.3. The average Bonchev–Trinajstić information content (AvgIpc) is 2.29. The quantitative estimate of drug-likeness (QED) is 0.0928. The van der Waals surface area contributed by atoms with Crippen LogP contribution in [-0.2, 0) is 75.6 Å². The zero-order valence-electron chi connectivity index (χ0n) is 15.9. The molecule has 0 heterocycles. The summed E-state index contributed by atoms with van der Waals surface area (Å²) < 4.78 is 125. The highest BCUT2D eigenvalue weighted by atomic mass is 31.3. The third-order valence-electron chi connectivity index (χ3n) is 1.66. The fourth-order valence-electron chi connectivity index (χ4n) is 1.16. The van der Waals surface area contributed by atoms with Crippen LogP contribution in [0.15, 0.2) is 0 Å². The molecule has 37 heavy (non-hydrogen) atoms. The molecule has 224 valence electrons. The molecular weight excluding hydrogens is 727 g/mol. The third-order valence-corrected chi connectivity index (χ3v) is 14.9. The maximum Gasteiger partial charge on any atom is 0.490 e. The molecule has 0 spiro atoms. The molecule has 0 aliphatic carbocycles. The van der Waals surface area contributed by atoms with E-state index in [-0.39, 0.29) is 0 Å². The van der Waals surface area contributed by atoms with Gasteiger partial charge in [-0.15, -0.1) is 0 Å². The minimum absolute atomic E-state index is 3.01. The first-order valence-electron chi connectivity index (χ1n) is 6.76. The van der Waals surface area contributed by atoms with Crippen LogP contribution in [0.2, 0.25) is 0 Å². The number of hydrogen-bond acceptors (Lipinski definition) is 17. The molecule has 0 aliphatic heterocycles. The van der Waals surface area contributed by atoms with Gasteiger partial charge in [-0.25, -0.2) is 41.1 Å². The molecule has 0 fully saturated rings. The normalized spacial score (nSPS) is 24.7. The van der Waals surface area contributed by atoms with Gasteiger partial charge in [-0.05, 0) is 0 Å². The van der Waals surface area contributed by atoms with Crippen LogP contribution in [0.1, 0.15) is 0 Å². The summed E-state index contributed by atoms with van der Waals surface area (Å²) in [6, 6.07) is 0. The molecule has 0 saturated heterocycles. The molecule has 0 aromatic heterocycles. The van der Waals surface area contributed by atoms with E-state index in [9.17, 15) is 41.1 Å². The molecule has 0 bridgehead atoms. The first-order chi connectivity index (χ1) is 15.7. The highest BCUT2D eigenvalue weighted by Gasteiger charge is 2.51. The van der Waals surface area contributed by atoms with Crippen LogP contribution in [0.25, 0.3) is 0 Å². The van der Waals surface area contributed by atoms with Crippen LogP contribution in [0.3, 0.4) is 0 Å². The van der Waals surface area contributed by atoms with Gasteiger partial charge in [0.1, 0.15) is 0 Å². The molecule has 0 radical (unpaired) electrons. The van der Waals surface area contributed by atoms with Gasteiger partial charge in [0.25, 0.3) is 0 Å². The summed E-state index contributed by atoms with van der Waals surface area (Å²) in [4.78, 5) is 96.4. The van der Waals surface area contributed by atoms with Gasteiger partial charge in [-0.2, -0.15) is 34.5 Å². The fraction of sp³-hybridized carbons (Fsp3) is 0. The summed E-state index contributed by atoms with van der Waals surface area (Å²) in [5, 5.41) is 0. The van der Waals surface area contributed by atoms with E-state index >= 15 is 0 Å². The molecular formula is H11O28P9. The van der Waals surface area contributed by atoms with Crippen LogP contribution in [0.5, 0.6) is 0 Å². The second-order valence-electron chi connectivity index (χ2n) is 4.91. The Morgan fingerprint density at radius 3 is 0.459 bits per heavy atom. The number of hydrogen-bond donors (Lipinski definition) is 11. The van der Waals surface area contributed by atoms with Crippen molar-refractivity contribution < 1.29 is 129 Å². The third kappa shape index (κ3) is 19.1. The maximum atomic E-state index is 11.6. The van der Waals surface area contributed by atoms with Gasteiger partial charge in [0.05, 0.1) is 0 Å². The van der Waals surface area contributed by atoms with Crippen molar-refractivity contribution in [1.82, 2.24) is 0 Å². The lowest BCUT2D eigenvalue weighted by molar-refractivity contribution is 0.181. The van der Waals surface area contributed by atoms with Crippen LogP contribution >= 0.6 is 70.4 Å². The van der Waals surface area contributed by atoms with Gasteiger partial charge < -0.3 is 53.8 Å². The predicted molar refractivity (Wildman–Crippen MR) is 102 cm³/mol. The van der Waals surface area contributed by atoms with E-state index in [0.717, 1.165) is 0 Å². The smallest absolute Gasteiger partial charge is 0.302 e. The lowest BCUT2D eigenvalue weighted by Crippen LogP contribution is -2.00. The largest absolute Gasteiger partial charge is 0.490 e. The van der Waals surface area contributed by atoms with Gasteiger partial charge in [0.15, 0.2) is 0 Å². The average molecular weight is 738 g/mol. The van der Waals surface area contributed by atoms with Crippen molar-refractivity contribution in [2.45, 2.75) is 0 Å². The molecule has 0 aliphatic rings. The number of phosphoric acid groups is 9. The Labute approximate surface area is 200 Å². The SMILES string of the molecule is O=P(O)(O)OP(=O)(O)OP(=O)(O)OP(=O)(O)OP(=O)(O)OP(=O)(O)OP(=O)(O)OP(=O)(O)OP(=O)(O)O. The van der Waals surface area contributed by atoms with Crippen LogP contribution in [0, 0.1) is 0 Å². The minimum Gasteiger partial charge on any atom is -0.302 e. The Hall–Kier alpha value is 1.31. The van der Waals surface area contributed by atoms with Gasteiger partial charge >= 0.3 is 70.4 Å². The molecule has 28 nitrogen and oxygen atoms in total. The summed E-state index contributed by atoms with van der Waals surface area (Å²) in [6.45, 7) is 0. The van der Waals surface area contributed by atoms with E-state index < -0.39 is 70.4 Å². The molecule has 0 aromatic rings.